The van der Waals surface area contributed by atoms with Crippen LogP contribution >= 0.6 is 24.2 Å². The summed E-state index contributed by atoms with van der Waals surface area (Å²) in [6.07, 6.45) is 1.98. The van der Waals surface area contributed by atoms with Gasteiger partial charge in [0.2, 0.25) is 5.82 Å². The molecule has 0 unspecified atom stereocenters. The van der Waals surface area contributed by atoms with Gasteiger partial charge in [0.05, 0.1) is 0 Å². The molecule has 1 rings (SSSR count). The first-order valence-electron chi connectivity index (χ1n) is 4.26. The highest BCUT2D eigenvalue weighted by Gasteiger charge is 2.13. The van der Waals surface area contributed by atoms with E-state index < -0.39 is 0 Å². The van der Waals surface area contributed by atoms with E-state index in [1.807, 2.05) is 6.26 Å². The van der Waals surface area contributed by atoms with E-state index in [0.29, 0.717) is 12.4 Å². The molecule has 0 radical (unpaired) electrons. The molecular weight excluding hydrogens is 242 g/mol. The highest BCUT2D eigenvalue weighted by molar-refractivity contribution is 7.98. The van der Waals surface area contributed by atoms with Crippen molar-refractivity contribution < 1.29 is 11.2 Å². The molecule has 0 aromatic carbocycles. The van der Waals surface area contributed by atoms with E-state index >= 15 is 0 Å². The Morgan fingerprint density at radius 2 is 2.53 bits per heavy atom. The fourth-order valence-electron chi connectivity index (χ4n) is 0.784. The molecule has 9 heteroatoms. The third-order valence-electron chi connectivity index (χ3n) is 1.42. The Labute approximate surface area is 98.3 Å². The predicted octanol–water partition coefficient (Wildman–Crippen LogP) is 0.570. The van der Waals surface area contributed by atoms with Crippen molar-refractivity contribution in [2.45, 2.75) is 0 Å². The van der Waals surface area contributed by atoms with Crippen LogP contribution in [0.25, 0.3) is 0 Å². The molecule has 0 saturated carbocycles. The van der Waals surface area contributed by atoms with Crippen LogP contribution in [0.4, 0.5) is 5.82 Å². The zero-order chi connectivity index (χ0) is 11.1. The quantitative estimate of drug-likeness (QED) is 0.263. The van der Waals surface area contributed by atoms with Gasteiger partial charge in [-0.05, 0) is 16.6 Å². The Balaban J connectivity index is 0.00000225. The summed E-state index contributed by atoms with van der Waals surface area (Å²) < 4.78 is 11.2. The van der Waals surface area contributed by atoms with Crippen LogP contribution in [0.3, 0.4) is 0 Å². The third kappa shape index (κ3) is 3.94. The summed E-state index contributed by atoms with van der Waals surface area (Å²) in [5.41, 5.74) is 1.91. The monoisotopic (exact) mass is 253 g/mol. The average Bonchev–Trinajstić information content (AvgIpc) is 2.69. The van der Waals surface area contributed by atoms with Crippen LogP contribution in [-0.4, -0.2) is 39.9 Å². The number of amidine groups is 1. The Kier molecular flexibility index (Phi) is 5.90. The van der Waals surface area contributed by atoms with Crippen molar-refractivity contribution >= 4 is 35.8 Å². The van der Waals surface area contributed by atoms with Gasteiger partial charge in [-0.15, -0.1) is 12.4 Å². The van der Waals surface area contributed by atoms with Crippen molar-refractivity contribution in [2.24, 2.45) is 0 Å². The number of aromatic nitrogens is 2. The third-order valence-corrected chi connectivity index (χ3v) is 2.03. The van der Waals surface area contributed by atoms with E-state index in [2.05, 4.69) is 25.7 Å². The van der Waals surface area contributed by atoms with Crippen molar-refractivity contribution in [3.63, 3.8) is 0 Å². The van der Waals surface area contributed by atoms with Crippen molar-refractivity contribution in [1.82, 2.24) is 15.8 Å². The maximum Gasteiger partial charge on any atom is 0.202 e. The normalized spacial score (nSPS) is 11.6. The van der Waals surface area contributed by atoms with Crippen LogP contribution in [0.1, 0.15) is 5.69 Å². The van der Waals surface area contributed by atoms with Gasteiger partial charge in [-0.1, -0.05) is 0 Å². The fourth-order valence-corrected chi connectivity index (χ4v) is 1.09. The van der Waals surface area contributed by atoms with E-state index in [9.17, 15) is 0 Å². The minimum absolute atomic E-state index is 0. The number of thioether (sulfide) groups is 1. The smallest absolute Gasteiger partial charge is 0.202 e. The second-order valence-electron chi connectivity index (χ2n) is 2.34. The summed E-state index contributed by atoms with van der Waals surface area (Å²) in [5.74, 6) is 1.12. The Morgan fingerprint density at radius 1 is 1.73 bits per heavy atom. The number of hydroxylamine groups is 1. The first kappa shape index (κ1) is 12.1. The largest absolute Gasteiger partial charge is 0.364 e. The second kappa shape index (κ2) is 7.32. The molecule has 0 aliphatic rings. The second-order valence-corrected chi connectivity index (χ2v) is 3.33. The molecular formula is C6H12ClN5O2S. The highest BCUT2D eigenvalue weighted by Crippen LogP contribution is 2.08. The van der Waals surface area contributed by atoms with Gasteiger partial charge in [-0.25, -0.2) is 4.63 Å². The van der Waals surface area contributed by atoms with E-state index in [1.165, 1.54) is 0 Å². The Hall–Kier alpha value is -0.990. The standard InChI is InChI=1S/C6H11N5O2S.ClH/c1-14-3-2-8-6-4(5(7)9-12)10-13-11-6;/h12H,2-3H2,1H3,(H2,7,9)(H,8,11);1H. The molecule has 0 aliphatic carbocycles. The lowest BCUT2D eigenvalue weighted by Crippen LogP contribution is -2.21. The minimum atomic E-state index is -0.122. The van der Waals surface area contributed by atoms with E-state index in [0.717, 1.165) is 5.75 Å². The summed E-state index contributed by atoms with van der Waals surface area (Å²) >= 11 is 1.68. The summed E-state index contributed by atoms with van der Waals surface area (Å²) in [5, 5.41) is 21.7. The van der Waals surface area contributed by atoms with Gasteiger partial charge < -0.3 is 5.32 Å². The summed E-state index contributed by atoms with van der Waals surface area (Å²) in [7, 11) is 0. The average molecular weight is 254 g/mol. The maximum atomic E-state index is 8.65. The number of hydrogen-bond donors (Lipinski definition) is 4. The van der Waals surface area contributed by atoms with Crippen molar-refractivity contribution in [1.29, 1.82) is 5.40 Å². The van der Waals surface area contributed by atoms with Gasteiger partial charge in [0.15, 0.2) is 12.9 Å². The van der Waals surface area contributed by atoms with Crippen molar-refractivity contribution in [2.75, 3.05) is 23.9 Å². The van der Waals surface area contributed by atoms with Crippen molar-refractivity contribution in [3.8, 4) is 0 Å². The van der Waals surface area contributed by atoms with Gasteiger partial charge in [-0.3, -0.25) is 16.1 Å². The minimum Gasteiger partial charge on any atom is -0.364 e. The molecule has 4 N–H and O–H groups in total. The highest BCUT2D eigenvalue weighted by atomic mass is 35.5. The van der Waals surface area contributed by atoms with Gasteiger partial charge in [-0.2, -0.15) is 11.8 Å². The van der Waals surface area contributed by atoms with E-state index in [1.54, 1.807) is 17.2 Å². The van der Waals surface area contributed by atoms with Gasteiger partial charge >= 0.3 is 0 Å². The molecule has 0 bridgehead atoms. The molecule has 1 aromatic rings. The Morgan fingerprint density at radius 3 is 3.13 bits per heavy atom. The predicted molar refractivity (Wildman–Crippen MR) is 60.2 cm³/mol. The van der Waals surface area contributed by atoms with Crippen LogP contribution < -0.4 is 10.8 Å². The molecule has 0 saturated heterocycles. The number of anilines is 1. The Bertz CT molecular complexity index is 336. The zero-order valence-corrected chi connectivity index (χ0v) is 9.56. The lowest BCUT2D eigenvalue weighted by molar-refractivity contribution is 0.233. The topological polar surface area (TPSA) is 107 Å². The molecule has 15 heavy (non-hydrogen) atoms. The van der Waals surface area contributed by atoms with Gasteiger partial charge in [0, 0.05) is 12.3 Å². The van der Waals surface area contributed by atoms with Crippen LogP contribution in [0.5, 0.6) is 0 Å². The van der Waals surface area contributed by atoms with E-state index in [4.69, 9.17) is 6.62 Å². The lowest BCUT2D eigenvalue weighted by atomic mass is 10.4. The van der Waals surface area contributed by atoms with Crippen LogP contribution in [-0.2, 0) is 0 Å². The number of rotatable bonds is 5. The van der Waals surface area contributed by atoms with E-state index in [-0.39, 0.29) is 23.9 Å². The lowest BCUT2D eigenvalue weighted by Gasteiger charge is -2.01. The summed E-state index contributed by atoms with van der Waals surface area (Å²) in [4.78, 5) is 0. The molecule has 1 aromatic heterocycles. The molecule has 1 heterocycles. The van der Waals surface area contributed by atoms with Crippen LogP contribution in [0, 0.1) is 5.40 Å². The van der Waals surface area contributed by atoms with Gasteiger partial charge in [0.1, 0.15) is 0 Å². The first-order chi connectivity index (χ1) is 7.33. The zero-order valence-electron chi connectivity index (χ0n) is 8.93. The first-order valence-corrected chi connectivity index (χ1v) is 5.20. The summed E-state index contributed by atoms with van der Waals surface area (Å²) in [6.45, 7) is 0.680. The molecule has 0 spiro atoms. The fraction of sp³-hybridized carbons (Fsp3) is 0.500. The summed E-state index contributed by atoms with van der Waals surface area (Å²) in [6, 6.07) is 0. The van der Waals surface area contributed by atoms with Gasteiger partial charge in [0.25, 0.3) is 0 Å². The number of hydrogen-bond acceptors (Lipinski definition) is 7. The van der Waals surface area contributed by atoms with Crippen LogP contribution in [0.15, 0.2) is 4.63 Å². The number of halogens is 1. The molecule has 0 atom stereocenters. The molecule has 0 fully saturated rings. The van der Waals surface area contributed by atoms with Crippen molar-refractivity contribution in [3.05, 3.63) is 5.69 Å². The molecule has 86 valence electrons. The number of nitrogens with zero attached hydrogens (tertiary/aromatic N) is 2. The number of nitrogens with one attached hydrogen (secondary N) is 3. The SMILES string of the molecule is Cl.[H]/N=C(\NO)c1nonc1NCCSC. The molecule has 0 amide bonds. The molecule has 7 nitrogen and oxygen atoms in total. The maximum absolute atomic E-state index is 8.65. The van der Waals surface area contributed by atoms with Crippen LogP contribution in [0.2, 0.25) is 1.41 Å². The molecule has 0 aliphatic heterocycles.